The minimum Gasteiger partial charge on any atom is -0.376 e. The van der Waals surface area contributed by atoms with E-state index in [0.29, 0.717) is 11.5 Å². The van der Waals surface area contributed by atoms with Crippen LogP contribution in [0.4, 0.5) is 5.82 Å². The summed E-state index contributed by atoms with van der Waals surface area (Å²) in [5, 5.41) is 6.10. The second-order valence-electron chi connectivity index (χ2n) is 5.67. The third-order valence-corrected chi connectivity index (χ3v) is 4.01. The Morgan fingerprint density at radius 1 is 1.35 bits per heavy atom. The zero-order chi connectivity index (χ0) is 14.1. The molecule has 1 aromatic heterocycles. The fourth-order valence-electron chi connectivity index (χ4n) is 2.83. The number of nitrogens with one attached hydrogen (secondary N) is 2. The molecule has 2 heterocycles. The van der Waals surface area contributed by atoms with Crippen molar-refractivity contribution in [2.45, 2.75) is 38.3 Å². The number of amides is 1. The highest BCUT2D eigenvalue weighted by atomic mass is 16.5. The highest BCUT2D eigenvalue weighted by Gasteiger charge is 2.41. The van der Waals surface area contributed by atoms with E-state index in [9.17, 15) is 4.79 Å². The van der Waals surface area contributed by atoms with Crippen LogP contribution in [0.25, 0.3) is 0 Å². The van der Waals surface area contributed by atoms with E-state index in [4.69, 9.17) is 4.74 Å². The lowest BCUT2D eigenvalue weighted by molar-refractivity contribution is 0.0729. The summed E-state index contributed by atoms with van der Waals surface area (Å²) in [5.41, 5.74) is 1.49. The van der Waals surface area contributed by atoms with Crippen LogP contribution in [0.5, 0.6) is 0 Å². The molecular weight excluding hydrogens is 254 g/mol. The number of rotatable bonds is 4. The molecule has 5 heteroatoms. The van der Waals surface area contributed by atoms with Gasteiger partial charge in [-0.25, -0.2) is 4.98 Å². The van der Waals surface area contributed by atoms with Crippen LogP contribution in [0.3, 0.4) is 0 Å². The predicted molar refractivity (Wildman–Crippen MR) is 76.9 cm³/mol. The highest BCUT2D eigenvalue weighted by molar-refractivity contribution is 5.95. The van der Waals surface area contributed by atoms with Crippen molar-refractivity contribution in [1.29, 1.82) is 0 Å². The summed E-state index contributed by atoms with van der Waals surface area (Å²) in [6.07, 6.45) is 3.59. The van der Waals surface area contributed by atoms with Crippen LogP contribution in [-0.2, 0) is 4.74 Å². The van der Waals surface area contributed by atoms with Crippen LogP contribution in [0.15, 0.2) is 12.1 Å². The van der Waals surface area contributed by atoms with E-state index in [1.807, 2.05) is 13.0 Å². The van der Waals surface area contributed by atoms with E-state index in [0.717, 1.165) is 24.5 Å². The number of anilines is 1. The van der Waals surface area contributed by atoms with E-state index < -0.39 is 0 Å². The number of aryl methyl sites for hydroxylation is 1. The quantitative estimate of drug-likeness (QED) is 0.878. The summed E-state index contributed by atoms with van der Waals surface area (Å²) in [5.74, 6) is 1.33. The van der Waals surface area contributed by atoms with Crippen LogP contribution >= 0.6 is 0 Å². The molecule has 2 aliphatic rings. The third kappa shape index (κ3) is 2.77. The van der Waals surface area contributed by atoms with Gasteiger partial charge in [0.15, 0.2) is 0 Å². The van der Waals surface area contributed by atoms with E-state index >= 15 is 0 Å². The molecule has 0 bridgehead atoms. The summed E-state index contributed by atoms with van der Waals surface area (Å²) in [6.45, 7) is 2.65. The number of hydrogen-bond acceptors (Lipinski definition) is 4. The first-order valence-electron chi connectivity index (χ1n) is 7.26. The fourth-order valence-corrected chi connectivity index (χ4v) is 2.83. The molecule has 5 nitrogen and oxygen atoms in total. The standard InChI is InChI=1S/C15H21N3O2/c1-9-7-11(8-13(16-2)17-9)15(19)18-12-5-6-20-14(12)10-3-4-10/h7-8,10,12,14H,3-6H2,1-2H3,(H,16,17)(H,18,19). The summed E-state index contributed by atoms with van der Waals surface area (Å²) in [4.78, 5) is 16.7. The molecule has 0 spiro atoms. The third-order valence-electron chi connectivity index (χ3n) is 4.01. The van der Waals surface area contributed by atoms with E-state index in [1.54, 1.807) is 13.1 Å². The summed E-state index contributed by atoms with van der Waals surface area (Å²) >= 11 is 0. The van der Waals surface area contributed by atoms with E-state index in [2.05, 4.69) is 15.6 Å². The summed E-state index contributed by atoms with van der Waals surface area (Å²) < 4.78 is 5.76. The molecule has 1 aromatic rings. The molecular formula is C15H21N3O2. The maximum absolute atomic E-state index is 12.4. The predicted octanol–water partition coefficient (Wildman–Crippen LogP) is 1.73. The van der Waals surface area contributed by atoms with Crippen LogP contribution in [-0.4, -0.2) is 36.7 Å². The largest absolute Gasteiger partial charge is 0.376 e. The first kappa shape index (κ1) is 13.4. The van der Waals surface area contributed by atoms with E-state index in [1.165, 1.54) is 12.8 Å². The molecule has 2 unspecified atom stereocenters. The van der Waals surface area contributed by atoms with Crippen molar-refractivity contribution in [2.75, 3.05) is 19.0 Å². The van der Waals surface area contributed by atoms with Crippen molar-refractivity contribution >= 4 is 11.7 Å². The Balaban J connectivity index is 1.70. The van der Waals surface area contributed by atoms with Crippen LogP contribution in [0, 0.1) is 12.8 Å². The summed E-state index contributed by atoms with van der Waals surface area (Å²) in [7, 11) is 1.80. The second kappa shape index (κ2) is 5.40. The minimum absolute atomic E-state index is 0.0341. The minimum atomic E-state index is -0.0341. The van der Waals surface area contributed by atoms with Gasteiger partial charge >= 0.3 is 0 Å². The second-order valence-corrected chi connectivity index (χ2v) is 5.67. The van der Waals surface area contributed by atoms with Crippen LogP contribution in [0.1, 0.15) is 35.3 Å². The zero-order valence-electron chi connectivity index (χ0n) is 12.0. The first-order valence-corrected chi connectivity index (χ1v) is 7.26. The molecule has 2 atom stereocenters. The number of nitrogens with zero attached hydrogens (tertiary/aromatic N) is 1. The lowest BCUT2D eigenvalue weighted by Crippen LogP contribution is -2.41. The first-order chi connectivity index (χ1) is 9.67. The van der Waals surface area contributed by atoms with Gasteiger partial charge in [-0.15, -0.1) is 0 Å². The normalized spacial score (nSPS) is 25.5. The Morgan fingerprint density at radius 2 is 2.15 bits per heavy atom. The van der Waals surface area contributed by atoms with Gasteiger partial charge in [0.05, 0.1) is 12.1 Å². The molecule has 1 aliphatic carbocycles. The number of ether oxygens (including phenoxy) is 1. The topological polar surface area (TPSA) is 63.2 Å². The average Bonchev–Trinajstić information content (AvgIpc) is 3.18. The molecule has 0 aromatic carbocycles. The van der Waals surface area contributed by atoms with Gasteiger partial charge in [-0.05, 0) is 44.2 Å². The maximum atomic E-state index is 12.4. The SMILES string of the molecule is CNc1cc(C(=O)NC2CCOC2C2CC2)cc(C)n1. The lowest BCUT2D eigenvalue weighted by Gasteiger charge is -2.19. The molecule has 1 saturated heterocycles. The molecule has 1 amide bonds. The Labute approximate surface area is 119 Å². The van der Waals surface area contributed by atoms with Crippen molar-refractivity contribution in [2.24, 2.45) is 5.92 Å². The molecule has 108 valence electrons. The smallest absolute Gasteiger partial charge is 0.251 e. The molecule has 3 rings (SSSR count). The lowest BCUT2D eigenvalue weighted by atomic mass is 10.1. The molecule has 0 radical (unpaired) electrons. The summed E-state index contributed by atoms with van der Waals surface area (Å²) in [6, 6.07) is 3.75. The van der Waals surface area contributed by atoms with E-state index in [-0.39, 0.29) is 18.1 Å². The van der Waals surface area contributed by atoms with Crippen molar-refractivity contribution in [3.63, 3.8) is 0 Å². The van der Waals surface area contributed by atoms with Crippen LogP contribution < -0.4 is 10.6 Å². The molecule has 2 N–H and O–H groups in total. The monoisotopic (exact) mass is 275 g/mol. The number of pyridine rings is 1. The van der Waals surface area contributed by atoms with Gasteiger partial charge < -0.3 is 15.4 Å². The Bertz CT molecular complexity index is 514. The molecule has 2 fully saturated rings. The molecule has 1 saturated carbocycles. The van der Waals surface area contributed by atoms with Crippen molar-refractivity contribution in [3.8, 4) is 0 Å². The van der Waals surface area contributed by atoms with Gasteiger partial charge in [0.2, 0.25) is 0 Å². The average molecular weight is 275 g/mol. The Hall–Kier alpha value is -1.62. The Kier molecular flexibility index (Phi) is 3.61. The van der Waals surface area contributed by atoms with Gasteiger partial charge in [0, 0.05) is 24.9 Å². The number of carbonyl (C=O) groups is 1. The number of aromatic nitrogens is 1. The number of carbonyl (C=O) groups excluding carboxylic acids is 1. The molecule has 20 heavy (non-hydrogen) atoms. The maximum Gasteiger partial charge on any atom is 0.251 e. The Morgan fingerprint density at radius 3 is 2.85 bits per heavy atom. The van der Waals surface area contributed by atoms with Crippen molar-refractivity contribution < 1.29 is 9.53 Å². The van der Waals surface area contributed by atoms with Gasteiger partial charge in [-0.1, -0.05) is 0 Å². The van der Waals surface area contributed by atoms with Crippen molar-refractivity contribution in [1.82, 2.24) is 10.3 Å². The van der Waals surface area contributed by atoms with Gasteiger partial charge in [0.25, 0.3) is 5.91 Å². The van der Waals surface area contributed by atoms with Gasteiger partial charge in [-0.2, -0.15) is 0 Å². The molecule has 1 aliphatic heterocycles. The highest BCUT2D eigenvalue weighted by Crippen LogP contribution is 2.38. The van der Waals surface area contributed by atoms with Crippen molar-refractivity contribution in [3.05, 3.63) is 23.4 Å². The fraction of sp³-hybridized carbons (Fsp3) is 0.600. The van der Waals surface area contributed by atoms with Gasteiger partial charge in [-0.3, -0.25) is 4.79 Å². The van der Waals surface area contributed by atoms with Crippen LogP contribution in [0.2, 0.25) is 0 Å². The number of hydrogen-bond donors (Lipinski definition) is 2. The van der Waals surface area contributed by atoms with Gasteiger partial charge in [0.1, 0.15) is 5.82 Å². The zero-order valence-corrected chi connectivity index (χ0v) is 12.0.